The normalized spacial score (nSPS) is 19.6. The topological polar surface area (TPSA) is 54.0 Å². The van der Waals surface area contributed by atoms with Gasteiger partial charge >= 0.3 is 6.18 Å². The van der Waals surface area contributed by atoms with E-state index in [-0.39, 0.29) is 16.8 Å². The van der Waals surface area contributed by atoms with E-state index in [0.29, 0.717) is 5.56 Å². The number of pyridine rings is 1. The van der Waals surface area contributed by atoms with Crippen LogP contribution in [0.2, 0.25) is 0 Å². The number of benzene rings is 1. The maximum absolute atomic E-state index is 14.8. The molecular weight excluding hydrogens is 362 g/mol. The molecule has 0 radical (unpaired) electrons. The molecule has 1 atom stereocenters. The highest BCUT2D eigenvalue weighted by molar-refractivity contribution is 5.96. The Morgan fingerprint density at radius 2 is 1.89 bits per heavy atom. The minimum atomic E-state index is -4.55. The number of rotatable bonds is 3. The molecule has 140 valence electrons. The minimum absolute atomic E-state index is 0.154. The van der Waals surface area contributed by atoms with Gasteiger partial charge in [-0.05, 0) is 48.9 Å². The SMILES string of the molecule is CC1(F)NC=C(NC(=O)c2cccc(C(F)(F)F)c2)C=C1c1ccncc1. The lowest BCUT2D eigenvalue weighted by Crippen LogP contribution is -2.39. The van der Waals surface area contributed by atoms with Gasteiger partial charge in [0.15, 0.2) is 0 Å². The predicted molar refractivity (Wildman–Crippen MR) is 91.9 cm³/mol. The van der Waals surface area contributed by atoms with Gasteiger partial charge in [-0.15, -0.1) is 0 Å². The number of aromatic nitrogens is 1. The zero-order chi connectivity index (χ0) is 19.7. The summed E-state index contributed by atoms with van der Waals surface area (Å²) in [5.74, 6) is -2.62. The number of hydrogen-bond donors (Lipinski definition) is 2. The molecule has 2 N–H and O–H groups in total. The molecule has 2 heterocycles. The molecule has 0 saturated heterocycles. The molecule has 1 aliphatic rings. The summed E-state index contributed by atoms with van der Waals surface area (Å²) in [5.41, 5.74) is -0.0408. The molecule has 0 aliphatic carbocycles. The van der Waals surface area contributed by atoms with Gasteiger partial charge in [0.2, 0.25) is 5.79 Å². The van der Waals surface area contributed by atoms with Gasteiger partial charge in [0.1, 0.15) is 0 Å². The van der Waals surface area contributed by atoms with E-state index in [4.69, 9.17) is 0 Å². The Labute approximate surface area is 152 Å². The zero-order valence-electron chi connectivity index (χ0n) is 14.1. The number of nitrogens with zero attached hydrogens (tertiary/aromatic N) is 1. The third kappa shape index (κ3) is 4.16. The number of halogens is 4. The van der Waals surface area contributed by atoms with Crippen molar-refractivity contribution in [1.82, 2.24) is 15.6 Å². The van der Waals surface area contributed by atoms with Crippen LogP contribution in [-0.4, -0.2) is 16.7 Å². The van der Waals surface area contributed by atoms with Crippen molar-refractivity contribution in [1.29, 1.82) is 0 Å². The molecule has 0 saturated carbocycles. The molecule has 2 aromatic rings. The minimum Gasteiger partial charge on any atom is -0.354 e. The Morgan fingerprint density at radius 1 is 1.19 bits per heavy atom. The fraction of sp³-hybridized carbons (Fsp3) is 0.158. The number of hydrogen-bond acceptors (Lipinski definition) is 3. The molecule has 1 aromatic carbocycles. The first kappa shape index (κ1) is 18.6. The second kappa shape index (κ2) is 6.86. The van der Waals surface area contributed by atoms with E-state index in [1.54, 1.807) is 12.1 Å². The second-order valence-corrected chi connectivity index (χ2v) is 6.07. The monoisotopic (exact) mass is 377 g/mol. The average Bonchev–Trinajstić information content (AvgIpc) is 2.63. The summed E-state index contributed by atoms with van der Waals surface area (Å²) in [7, 11) is 0. The number of allylic oxidation sites excluding steroid dienone is 1. The van der Waals surface area contributed by atoms with Crippen LogP contribution in [0.3, 0.4) is 0 Å². The maximum Gasteiger partial charge on any atom is 0.416 e. The van der Waals surface area contributed by atoms with Crippen molar-refractivity contribution in [3.63, 3.8) is 0 Å². The van der Waals surface area contributed by atoms with Crippen molar-refractivity contribution in [2.45, 2.75) is 18.9 Å². The van der Waals surface area contributed by atoms with E-state index in [1.165, 1.54) is 37.7 Å². The van der Waals surface area contributed by atoms with Crippen LogP contribution in [-0.2, 0) is 6.18 Å². The molecule has 1 unspecified atom stereocenters. The van der Waals surface area contributed by atoms with Crippen molar-refractivity contribution in [3.05, 3.63) is 83.5 Å². The summed E-state index contributed by atoms with van der Waals surface area (Å²) in [6.07, 6.45) is 1.15. The molecule has 0 bridgehead atoms. The predicted octanol–water partition coefficient (Wildman–Crippen LogP) is 4.04. The summed E-state index contributed by atoms with van der Waals surface area (Å²) in [4.78, 5) is 16.2. The van der Waals surface area contributed by atoms with Crippen molar-refractivity contribution >= 4 is 11.5 Å². The Kier molecular flexibility index (Phi) is 4.73. The summed E-state index contributed by atoms with van der Waals surface area (Å²) < 4.78 is 53.2. The van der Waals surface area contributed by atoms with E-state index in [2.05, 4.69) is 15.6 Å². The number of nitrogens with one attached hydrogen (secondary N) is 2. The molecule has 0 spiro atoms. The number of amides is 1. The zero-order valence-corrected chi connectivity index (χ0v) is 14.1. The summed E-state index contributed by atoms with van der Waals surface area (Å²) >= 11 is 0. The number of carbonyl (C=O) groups excluding carboxylic acids is 1. The van der Waals surface area contributed by atoms with Crippen LogP contribution in [0.4, 0.5) is 17.6 Å². The van der Waals surface area contributed by atoms with Gasteiger partial charge in [-0.1, -0.05) is 6.07 Å². The van der Waals surface area contributed by atoms with Crippen LogP contribution in [0.15, 0.2) is 66.8 Å². The van der Waals surface area contributed by atoms with Gasteiger partial charge in [0, 0.05) is 29.7 Å². The number of carbonyl (C=O) groups is 1. The Balaban J connectivity index is 1.85. The third-order valence-corrected chi connectivity index (χ3v) is 4.01. The van der Waals surface area contributed by atoms with E-state index in [9.17, 15) is 22.4 Å². The van der Waals surface area contributed by atoms with Gasteiger partial charge in [-0.2, -0.15) is 13.2 Å². The number of alkyl halides is 4. The Bertz CT molecular complexity index is 918. The van der Waals surface area contributed by atoms with Gasteiger partial charge in [0.05, 0.1) is 11.3 Å². The molecule has 0 fully saturated rings. The molecule has 1 amide bonds. The van der Waals surface area contributed by atoms with Gasteiger partial charge in [-0.3, -0.25) is 9.78 Å². The molecule has 8 heteroatoms. The highest BCUT2D eigenvalue weighted by Gasteiger charge is 2.32. The van der Waals surface area contributed by atoms with Crippen LogP contribution in [0.1, 0.15) is 28.4 Å². The standard InChI is InChI=1S/C19H15F4N3O/c1-18(20)16(12-5-7-24-8-6-12)10-15(11-25-18)26-17(27)13-3-2-4-14(9-13)19(21,22)23/h2-11,25H,1H3,(H,26,27). The lowest BCUT2D eigenvalue weighted by atomic mass is 9.95. The average molecular weight is 377 g/mol. The first-order valence-corrected chi connectivity index (χ1v) is 7.95. The summed E-state index contributed by atoms with van der Waals surface area (Å²) in [5, 5.41) is 5.02. The van der Waals surface area contributed by atoms with Crippen LogP contribution >= 0.6 is 0 Å². The largest absolute Gasteiger partial charge is 0.416 e. The maximum atomic E-state index is 14.8. The highest BCUT2D eigenvalue weighted by Crippen LogP contribution is 2.32. The molecule has 4 nitrogen and oxygen atoms in total. The smallest absolute Gasteiger partial charge is 0.354 e. The van der Waals surface area contributed by atoms with Gasteiger partial charge < -0.3 is 10.6 Å². The van der Waals surface area contributed by atoms with E-state index >= 15 is 0 Å². The van der Waals surface area contributed by atoms with Crippen LogP contribution < -0.4 is 10.6 Å². The van der Waals surface area contributed by atoms with Crippen LogP contribution in [0, 0.1) is 0 Å². The Morgan fingerprint density at radius 3 is 2.56 bits per heavy atom. The summed E-state index contributed by atoms with van der Waals surface area (Å²) in [6, 6.07) is 7.30. The van der Waals surface area contributed by atoms with E-state index in [0.717, 1.165) is 18.2 Å². The van der Waals surface area contributed by atoms with Crippen LogP contribution in [0.5, 0.6) is 0 Å². The van der Waals surface area contributed by atoms with Gasteiger partial charge in [0.25, 0.3) is 5.91 Å². The van der Waals surface area contributed by atoms with Crippen molar-refractivity contribution in [2.24, 2.45) is 0 Å². The quantitative estimate of drug-likeness (QED) is 0.627. The fourth-order valence-electron chi connectivity index (χ4n) is 2.62. The Hall–Kier alpha value is -3.16. The lowest BCUT2D eigenvalue weighted by molar-refractivity contribution is -0.137. The van der Waals surface area contributed by atoms with Crippen molar-refractivity contribution in [2.75, 3.05) is 0 Å². The third-order valence-electron chi connectivity index (χ3n) is 4.01. The first-order valence-electron chi connectivity index (χ1n) is 7.95. The first-order chi connectivity index (χ1) is 12.7. The lowest BCUT2D eigenvalue weighted by Gasteiger charge is -2.29. The molecule has 27 heavy (non-hydrogen) atoms. The molecular formula is C19H15F4N3O. The molecule has 1 aliphatic heterocycles. The molecule has 3 rings (SSSR count). The van der Waals surface area contributed by atoms with Crippen molar-refractivity contribution in [3.8, 4) is 0 Å². The van der Waals surface area contributed by atoms with Gasteiger partial charge in [-0.25, -0.2) is 4.39 Å². The molecule has 1 aromatic heterocycles. The highest BCUT2D eigenvalue weighted by atomic mass is 19.4. The van der Waals surface area contributed by atoms with E-state index < -0.39 is 23.4 Å². The van der Waals surface area contributed by atoms with Crippen LogP contribution in [0.25, 0.3) is 5.57 Å². The van der Waals surface area contributed by atoms with E-state index in [1.807, 2.05) is 0 Å². The number of dihydropyridines is 1. The second-order valence-electron chi connectivity index (χ2n) is 6.07. The summed E-state index contributed by atoms with van der Waals surface area (Å²) in [6.45, 7) is 1.32. The van der Waals surface area contributed by atoms with Crippen molar-refractivity contribution < 1.29 is 22.4 Å². The fourth-order valence-corrected chi connectivity index (χ4v) is 2.62.